The minimum Gasteiger partial charge on any atom is -0.456 e. The van der Waals surface area contributed by atoms with Crippen LogP contribution in [0.5, 0.6) is 0 Å². The summed E-state index contributed by atoms with van der Waals surface area (Å²) in [5, 5.41) is 9.66. The van der Waals surface area contributed by atoms with Crippen LogP contribution >= 0.6 is 0 Å². The average Bonchev–Trinajstić information content (AvgIpc) is 3.72. The first kappa shape index (κ1) is 34.8. The molecule has 0 aliphatic carbocycles. The molecule has 0 radical (unpaired) electrons. The van der Waals surface area contributed by atoms with Crippen LogP contribution in [-0.2, 0) is 0 Å². The maximum atomic E-state index is 6.54. The van der Waals surface area contributed by atoms with Crippen molar-refractivity contribution in [1.29, 1.82) is 0 Å². The SMILES string of the molecule is c1ccc(-c2ccc3c(c2)oc2cc(-c4nc(-c5ccccc5)nc(-c5ccccc5-c5ccccc5-c5ccc6c7ccccc7c7ccccc7c6c5)n4)ccc23)cc1. The van der Waals surface area contributed by atoms with Crippen LogP contribution in [0.3, 0.4) is 0 Å². The first-order chi connectivity index (χ1) is 30.2. The van der Waals surface area contributed by atoms with Crippen LogP contribution in [0.1, 0.15) is 0 Å². The maximum absolute atomic E-state index is 6.54. The van der Waals surface area contributed by atoms with Crippen molar-refractivity contribution < 1.29 is 4.42 Å². The lowest BCUT2D eigenvalue weighted by atomic mass is 9.88. The van der Waals surface area contributed by atoms with Crippen molar-refractivity contribution in [3.05, 3.63) is 212 Å². The lowest BCUT2D eigenvalue weighted by Gasteiger charge is -2.16. The lowest BCUT2D eigenvalue weighted by Crippen LogP contribution is -2.01. The molecule has 0 amide bonds. The van der Waals surface area contributed by atoms with Gasteiger partial charge in [-0.15, -0.1) is 0 Å². The van der Waals surface area contributed by atoms with Gasteiger partial charge in [-0.1, -0.05) is 182 Å². The number of aromatic nitrogens is 3. The molecule has 10 aromatic carbocycles. The zero-order valence-electron chi connectivity index (χ0n) is 33.0. The van der Waals surface area contributed by atoms with Crippen molar-refractivity contribution in [2.45, 2.75) is 0 Å². The van der Waals surface area contributed by atoms with Crippen molar-refractivity contribution in [3.63, 3.8) is 0 Å². The highest BCUT2D eigenvalue weighted by atomic mass is 16.3. The van der Waals surface area contributed by atoms with Gasteiger partial charge in [0.2, 0.25) is 0 Å². The third kappa shape index (κ3) is 5.96. The van der Waals surface area contributed by atoms with Crippen molar-refractivity contribution in [2.24, 2.45) is 0 Å². The molecular formula is C57H35N3O. The standard InChI is InChI=1S/C57H35N3O/c1-3-15-36(16-4-1)38-27-31-49-50-32-29-40(35-54(50)61-53(49)34-38)56-58-55(37-17-5-2-6-18-37)59-57(60-56)51-26-14-13-24-46(51)42-20-8-7-19-41(42)39-28-30-48-45-23-10-9-21-43(45)44-22-11-12-25-47(44)52(48)33-39/h1-35H. The predicted molar refractivity (Wildman–Crippen MR) is 252 cm³/mol. The summed E-state index contributed by atoms with van der Waals surface area (Å²) in [7, 11) is 0. The van der Waals surface area contributed by atoms with Crippen LogP contribution in [-0.4, -0.2) is 15.0 Å². The van der Waals surface area contributed by atoms with Gasteiger partial charge < -0.3 is 4.42 Å². The Morgan fingerprint density at radius 1 is 0.230 bits per heavy atom. The predicted octanol–water partition coefficient (Wildman–Crippen LogP) is 15.2. The van der Waals surface area contributed by atoms with Crippen LogP contribution in [0.4, 0.5) is 0 Å². The molecule has 0 saturated heterocycles. The Labute approximate surface area is 352 Å². The Balaban J connectivity index is 1.01. The van der Waals surface area contributed by atoms with E-state index in [4.69, 9.17) is 19.4 Å². The Bertz CT molecular complexity index is 3610. The lowest BCUT2D eigenvalue weighted by molar-refractivity contribution is 0.669. The van der Waals surface area contributed by atoms with Gasteiger partial charge in [0.15, 0.2) is 17.5 Å². The molecule has 2 heterocycles. The molecule has 0 spiro atoms. The molecule has 61 heavy (non-hydrogen) atoms. The van der Waals surface area contributed by atoms with E-state index in [-0.39, 0.29) is 0 Å². The quantitative estimate of drug-likeness (QED) is 0.158. The monoisotopic (exact) mass is 777 g/mol. The first-order valence-electron chi connectivity index (χ1n) is 20.6. The Morgan fingerprint density at radius 2 is 0.639 bits per heavy atom. The Hall–Kier alpha value is -8.21. The first-order valence-corrected chi connectivity index (χ1v) is 20.6. The molecule has 0 N–H and O–H groups in total. The van der Waals surface area contributed by atoms with Crippen LogP contribution in [0.15, 0.2) is 217 Å². The number of benzene rings is 10. The highest BCUT2D eigenvalue weighted by Gasteiger charge is 2.19. The molecule has 284 valence electrons. The van der Waals surface area contributed by atoms with Gasteiger partial charge in [-0.25, -0.2) is 15.0 Å². The van der Waals surface area contributed by atoms with Crippen molar-refractivity contribution in [2.75, 3.05) is 0 Å². The minimum absolute atomic E-state index is 0.577. The molecule has 0 bridgehead atoms. The molecule has 0 aliphatic rings. The average molecular weight is 778 g/mol. The zero-order chi connectivity index (χ0) is 40.3. The van der Waals surface area contributed by atoms with E-state index in [9.17, 15) is 0 Å². The largest absolute Gasteiger partial charge is 0.456 e. The summed E-state index contributed by atoms with van der Waals surface area (Å²) >= 11 is 0. The minimum atomic E-state index is 0.577. The smallest absolute Gasteiger partial charge is 0.164 e. The van der Waals surface area contributed by atoms with Gasteiger partial charge in [0, 0.05) is 27.5 Å². The van der Waals surface area contributed by atoms with E-state index in [2.05, 4.69) is 176 Å². The second-order valence-corrected chi connectivity index (χ2v) is 15.5. The number of furan rings is 1. The topological polar surface area (TPSA) is 51.8 Å². The van der Waals surface area contributed by atoms with Gasteiger partial charge in [-0.3, -0.25) is 0 Å². The Morgan fingerprint density at radius 3 is 1.28 bits per heavy atom. The summed E-state index contributed by atoms with van der Waals surface area (Å²) in [6, 6.07) is 74.7. The van der Waals surface area contributed by atoms with Crippen molar-refractivity contribution >= 4 is 54.3 Å². The third-order valence-corrected chi connectivity index (χ3v) is 11.9. The summed E-state index contributed by atoms with van der Waals surface area (Å²) in [6.07, 6.45) is 0. The van der Waals surface area contributed by atoms with Crippen LogP contribution < -0.4 is 0 Å². The molecule has 12 rings (SSSR count). The summed E-state index contributed by atoms with van der Waals surface area (Å²) in [5.74, 6) is 1.78. The van der Waals surface area contributed by atoms with Gasteiger partial charge in [-0.2, -0.15) is 0 Å². The van der Waals surface area contributed by atoms with Gasteiger partial charge in [0.1, 0.15) is 11.2 Å². The van der Waals surface area contributed by atoms with Gasteiger partial charge in [-0.05, 0) is 96.0 Å². The molecular weight excluding hydrogens is 743 g/mol. The molecule has 0 fully saturated rings. The van der Waals surface area contributed by atoms with Gasteiger partial charge in [0.05, 0.1) is 0 Å². The fourth-order valence-electron chi connectivity index (χ4n) is 9.03. The van der Waals surface area contributed by atoms with Crippen molar-refractivity contribution in [3.8, 4) is 67.5 Å². The number of hydrogen-bond donors (Lipinski definition) is 0. The fraction of sp³-hybridized carbons (Fsp3) is 0. The molecule has 4 heteroatoms. The molecule has 12 aromatic rings. The molecule has 0 atom stereocenters. The van der Waals surface area contributed by atoms with E-state index in [1.165, 1.54) is 32.3 Å². The highest BCUT2D eigenvalue weighted by Crippen LogP contribution is 2.42. The second-order valence-electron chi connectivity index (χ2n) is 15.5. The highest BCUT2D eigenvalue weighted by molar-refractivity contribution is 6.25. The van der Waals surface area contributed by atoms with E-state index in [0.717, 1.165) is 72.0 Å². The third-order valence-electron chi connectivity index (χ3n) is 11.9. The van der Waals surface area contributed by atoms with E-state index >= 15 is 0 Å². The molecule has 2 aromatic heterocycles. The van der Waals surface area contributed by atoms with E-state index in [0.29, 0.717) is 17.5 Å². The number of fused-ring (bicyclic) bond motifs is 9. The van der Waals surface area contributed by atoms with E-state index < -0.39 is 0 Å². The molecule has 4 nitrogen and oxygen atoms in total. The number of hydrogen-bond acceptors (Lipinski definition) is 4. The molecule has 0 unspecified atom stereocenters. The van der Waals surface area contributed by atoms with Crippen molar-refractivity contribution in [1.82, 2.24) is 15.0 Å². The van der Waals surface area contributed by atoms with Gasteiger partial charge in [0.25, 0.3) is 0 Å². The number of rotatable bonds is 6. The summed E-state index contributed by atoms with van der Waals surface area (Å²) < 4.78 is 6.54. The van der Waals surface area contributed by atoms with E-state index in [1.807, 2.05) is 36.4 Å². The van der Waals surface area contributed by atoms with Crippen LogP contribution in [0, 0.1) is 0 Å². The van der Waals surface area contributed by atoms with Gasteiger partial charge >= 0.3 is 0 Å². The molecule has 0 saturated carbocycles. The van der Waals surface area contributed by atoms with Crippen LogP contribution in [0.25, 0.3) is 122 Å². The van der Waals surface area contributed by atoms with Crippen LogP contribution in [0.2, 0.25) is 0 Å². The summed E-state index contributed by atoms with van der Waals surface area (Å²) in [5.41, 5.74) is 11.0. The molecule has 0 aliphatic heterocycles. The maximum Gasteiger partial charge on any atom is 0.164 e. The number of nitrogens with zero attached hydrogens (tertiary/aromatic N) is 3. The van der Waals surface area contributed by atoms with E-state index in [1.54, 1.807) is 0 Å². The Kier molecular flexibility index (Phi) is 8.13. The fourth-order valence-corrected chi connectivity index (χ4v) is 9.03. The normalized spacial score (nSPS) is 11.6. The summed E-state index contributed by atoms with van der Waals surface area (Å²) in [4.78, 5) is 15.5. The summed E-state index contributed by atoms with van der Waals surface area (Å²) in [6.45, 7) is 0. The second kappa shape index (κ2) is 14.3. The zero-order valence-corrected chi connectivity index (χ0v) is 33.0.